The third kappa shape index (κ3) is 7.07. The molecule has 0 saturated carbocycles. The van der Waals surface area contributed by atoms with Gasteiger partial charge in [0.1, 0.15) is 0 Å². The van der Waals surface area contributed by atoms with E-state index >= 15 is 0 Å². The summed E-state index contributed by atoms with van der Waals surface area (Å²) in [5, 5.41) is 14.3. The first-order valence-corrected chi connectivity index (χ1v) is 9.59. The molecule has 0 fully saturated rings. The lowest BCUT2D eigenvalue weighted by Crippen LogP contribution is -2.38. The second-order valence-electron chi connectivity index (χ2n) is 6.28. The molecule has 3 N–H and O–H groups in total. The largest absolute Gasteiger partial charge is 0.481 e. The van der Waals surface area contributed by atoms with E-state index in [1.54, 1.807) is 0 Å². The van der Waals surface area contributed by atoms with E-state index in [-0.39, 0.29) is 18.8 Å². The molecular weight excluding hydrogens is 306 g/mol. The van der Waals surface area contributed by atoms with Gasteiger partial charge < -0.3 is 9.84 Å². The minimum Gasteiger partial charge on any atom is -0.481 e. The predicted octanol–water partition coefficient (Wildman–Crippen LogP) is 2.38. The number of hydrogen-bond acceptors (Lipinski definition) is 4. The maximum Gasteiger partial charge on any atom is 0.303 e. The molecule has 0 aromatic carbocycles. The zero-order valence-electron chi connectivity index (χ0n) is 14.2. The second kappa shape index (κ2) is 8.84. The van der Waals surface area contributed by atoms with E-state index in [1.807, 2.05) is 27.7 Å². The van der Waals surface area contributed by atoms with Gasteiger partial charge in [-0.05, 0) is 25.7 Å². The number of carboxylic acids is 1. The Balaban J connectivity index is 4.88. The average Bonchev–Trinajstić information content (AvgIpc) is 2.43. The number of aliphatic carboxylic acids is 1. The van der Waals surface area contributed by atoms with Crippen LogP contribution in [0.25, 0.3) is 0 Å². The van der Waals surface area contributed by atoms with Crippen LogP contribution in [0.3, 0.4) is 0 Å². The normalized spacial score (nSPS) is 13.3. The van der Waals surface area contributed by atoms with E-state index < -0.39 is 26.8 Å². The number of ether oxygens (including phenoxy) is 1. The standard InChI is InChI=1S/C15H31NO5S/c1-5-14(6-2,9-13(17)18)10-21-11-15(7-3,8-4)12-22(16,19)20/h5-12H2,1-4H3,(H,17,18)(H2,16,19,20). The van der Waals surface area contributed by atoms with Crippen LogP contribution >= 0.6 is 0 Å². The van der Waals surface area contributed by atoms with Gasteiger partial charge in [-0.1, -0.05) is 27.7 Å². The predicted molar refractivity (Wildman–Crippen MR) is 87.1 cm³/mol. The monoisotopic (exact) mass is 337 g/mol. The summed E-state index contributed by atoms with van der Waals surface area (Å²) >= 11 is 0. The van der Waals surface area contributed by atoms with Crippen LogP contribution < -0.4 is 5.14 Å². The van der Waals surface area contributed by atoms with E-state index in [0.717, 1.165) is 0 Å². The number of carbonyl (C=O) groups is 1. The molecule has 22 heavy (non-hydrogen) atoms. The fraction of sp³-hybridized carbons (Fsp3) is 0.933. The van der Waals surface area contributed by atoms with Gasteiger partial charge in [-0.2, -0.15) is 0 Å². The molecule has 0 aromatic heterocycles. The highest BCUT2D eigenvalue weighted by Gasteiger charge is 2.34. The number of rotatable bonds is 12. The summed E-state index contributed by atoms with van der Waals surface area (Å²) in [6.07, 6.45) is 2.75. The Morgan fingerprint density at radius 2 is 1.41 bits per heavy atom. The van der Waals surface area contributed by atoms with Crippen molar-refractivity contribution in [2.24, 2.45) is 16.0 Å². The first-order valence-electron chi connectivity index (χ1n) is 7.87. The zero-order valence-corrected chi connectivity index (χ0v) is 15.0. The van der Waals surface area contributed by atoms with Crippen molar-refractivity contribution in [1.29, 1.82) is 0 Å². The Morgan fingerprint density at radius 3 is 1.73 bits per heavy atom. The van der Waals surface area contributed by atoms with Gasteiger partial charge in [-0.25, -0.2) is 13.6 Å². The summed E-state index contributed by atoms with van der Waals surface area (Å²) in [5.41, 5.74) is -0.912. The minimum atomic E-state index is -3.58. The van der Waals surface area contributed by atoms with Crippen molar-refractivity contribution >= 4 is 16.0 Å². The first-order chi connectivity index (χ1) is 10.1. The molecule has 7 heteroatoms. The van der Waals surface area contributed by atoms with Crippen molar-refractivity contribution in [3.05, 3.63) is 0 Å². The number of carboxylic acid groups (broad SMARTS) is 1. The Hall–Kier alpha value is -0.660. The maximum absolute atomic E-state index is 11.4. The molecule has 0 rings (SSSR count). The van der Waals surface area contributed by atoms with Crippen LogP contribution in [-0.4, -0.2) is 38.5 Å². The first kappa shape index (κ1) is 21.3. The van der Waals surface area contributed by atoms with Gasteiger partial charge in [0.2, 0.25) is 10.0 Å². The smallest absolute Gasteiger partial charge is 0.303 e. The second-order valence-corrected chi connectivity index (χ2v) is 7.90. The molecule has 0 aliphatic rings. The molecule has 132 valence electrons. The SMILES string of the molecule is CCC(CC)(COCC(CC)(CC)CS(N)(=O)=O)CC(=O)O. The summed E-state index contributed by atoms with van der Waals surface area (Å²) in [7, 11) is -3.58. The fourth-order valence-corrected chi connectivity index (χ4v) is 4.03. The lowest BCUT2D eigenvalue weighted by Gasteiger charge is -2.34. The third-order valence-corrected chi connectivity index (χ3v) is 5.86. The van der Waals surface area contributed by atoms with Crippen molar-refractivity contribution < 1.29 is 23.1 Å². The highest BCUT2D eigenvalue weighted by Crippen LogP contribution is 2.33. The van der Waals surface area contributed by atoms with E-state index in [2.05, 4.69) is 0 Å². The van der Waals surface area contributed by atoms with E-state index in [1.165, 1.54) is 0 Å². The van der Waals surface area contributed by atoms with Gasteiger partial charge in [0.25, 0.3) is 0 Å². The van der Waals surface area contributed by atoms with Gasteiger partial charge in [0.05, 0.1) is 25.4 Å². The Bertz CT molecular complexity index is 439. The van der Waals surface area contributed by atoms with Crippen LogP contribution in [0.2, 0.25) is 0 Å². The maximum atomic E-state index is 11.4. The van der Waals surface area contributed by atoms with Crippen LogP contribution in [0.1, 0.15) is 59.8 Å². The van der Waals surface area contributed by atoms with E-state index in [0.29, 0.717) is 32.3 Å². The Morgan fingerprint density at radius 1 is 1.00 bits per heavy atom. The molecule has 0 aliphatic carbocycles. The van der Waals surface area contributed by atoms with Gasteiger partial charge in [0.15, 0.2) is 0 Å². The van der Waals surface area contributed by atoms with Gasteiger partial charge in [0, 0.05) is 10.8 Å². The summed E-state index contributed by atoms with van der Waals surface area (Å²) in [6.45, 7) is 8.33. The lowest BCUT2D eigenvalue weighted by molar-refractivity contribution is -0.141. The van der Waals surface area contributed by atoms with Gasteiger partial charge in [-0.3, -0.25) is 4.79 Å². The quantitative estimate of drug-likeness (QED) is 0.568. The number of sulfonamides is 1. The number of hydrogen-bond donors (Lipinski definition) is 2. The summed E-state index contributed by atoms with van der Waals surface area (Å²) in [5.74, 6) is -0.953. The third-order valence-electron chi connectivity index (χ3n) is 4.85. The molecular formula is C15H31NO5S. The van der Waals surface area contributed by atoms with Crippen molar-refractivity contribution in [3.8, 4) is 0 Å². The fourth-order valence-electron chi connectivity index (χ4n) is 2.69. The summed E-state index contributed by atoms with van der Waals surface area (Å²) < 4.78 is 28.6. The molecule has 0 aromatic rings. The van der Waals surface area contributed by atoms with Crippen molar-refractivity contribution in [3.63, 3.8) is 0 Å². The van der Waals surface area contributed by atoms with Gasteiger partial charge in [-0.15, -0.1) is 0 Å². The number of primary sulfonamides is 1. The van der Waals surface area contributed by atoms with Crippen molar-refractivity contribution in [2.45, 2.75) is 59.8 Å². The molecule has 0 saturated heterocycles. The Labute approximate surface area is 134 Å². The molecule has 0 spiro atoms. The highest BCUT2D eigenvalue weighted by molar-refractivity contribution is 7.89. The van der Waals surface area contributed by atoms with Crippen LogP contribution in [0.15, 0.2) is 0 Å². The van der Waals surface area contributed by atoms with E-state index in [9.17, 15) is 13.2 Å². The van der Waals surface area contributed by atoms with Crippen LogP contribution in [0, 0.1) is 10.8 Å². The van der Waals surface area contributed by atoms with Crippen molar-refractivity contribution in [2.75, 3.05) is 19.0 Å². The molecule has 0 atom stereocenters. The van der Waals surface area contributed by atoms with Gasteiger partial charge >= 0.3 is 5.97 Å². The molecule has 0 heterocycles. The summed E-state index contributed by atoms with van der Waals surface area (Å²) in [6, 6.07) is 0. The van der Waals surface area contributed by atoms with Crippen LogP contribution in [-0.2, 0) is 19.6 Å². The van der Waals surface area contributed by atoms with Crippen LogP contribution in [0.4, 0.5) is 0 Å². The number of nitrogens with two attached hydrogens (primary N) is 1. The molecule has 6 nitrogen and oxygen atoms in total. The average molecular weight is 337 g/mol. The minimum absolute atomic E-state index is 0.0560. The van der Waals surface area contributed by atoms with Crippen LogP contribution in [0.5, 0.6) is 0 Å². The molecule has 0 aliphatic heterocycles. The molecule has 0 radical (unpaired) electrons. The van der Waals surface area contributed by atoms with E-state index in [4.69, 9.17) is 15.0 Å². The summed E-state index contributed by atoms with van der Waals surface area (Å²) in [4.78, 5) is 11.0. The highest BCUT2D eigenvalue weighted by atomic mass is 32.2. The van der Waals surface area contributed by atoms with Crippen molar-refractivity contribution in [1.82, 2.24) is 0 Å². The zero-order chi connectivity index (χ0) is 17.4. The molecule has 0 bridgehead atoms. The molecule has 0 amide bonds. The lowest BCUT2D eigenvalue weighted by atomic mass is 9.80. The Kier molecular flexibility index (Phi) is 8.57. The topological polar surface area (TPSA) is 107 Å². The molecule has 0 unspecified atom stereocenters.